The van der Waals surface area contributed by atoms with Crippen molar-refractivity contribution in [2.24, 2.45) is 11.8 Å². The van der Waals surface area contributed by atoms with Gasteiger partial charge in [-0.25, -0.2) is 9.97 Å². The van der Waals surface area contributed by atoms with Gasteiger partial charge in [0.15, 0.2) is 0 Å². The molecule has 1 saturated heterocycles. The van der Waals surface area contributed by atoms with E-state index in [0.717, 1.165) is 62.3 Å². The Labute approximate surface area is 227 Å². The van der Waals surface area contributed by atoms with Gasteiger partial charge < -0.3 is 9.80 Å². The molecule has 7 nitrogen and oxygen atoms in total. The predicted octanol–water partition coefficient (Wildman–Crippen LogP) is 5.83. The summed E-state index contributed by atoms with van der Waals surface area (Å²) in [5.74, 6) is 1.72. The largest absolute Gasteiger partial charge is 0.339 e. The van der Waals surface area contributed by atoms with Crippen LogP contribution in [0.2, 0.25) is 0 Å². The Hall–Kier alpha value is -3.24. The Kier molecular flexibility index (Phi) is 9.52. The first-order valence-corrected chi connectivity index (χ1v) is 14.2. The van der Waals surface area contributed by atoms with E-state index in [9.17, 15) is 10.1 Å². The molecule has 3 aromatic rings. The minimum Gasteiger partial charge on any atom is -0.339 e. The number of benzene rings is 1. The normalized spacial score (nSPS) is 14.0. The maximum Gasteiger partial charge on any atom is 0.256 e. The van der Waals surface area contributed by atoms with Gasteiger partial charge in [0.25, 0.3) is 5.91 Å². The molecule has 1 aromatic carbocycles. The van der Waals surface area contributed by atoms with Crippen molar-refractivity contribution in [3.05, 3.63) is 53.5 Å². The second-order valence-corrected chi connectivity index (χ2v) is 11.4. The lowest BCUT2D eigenvalue weighted by Crippen LogP contribution is -2.34. The first-order chi connectivity index (χ1) is 18.4. The molecule has 0 aliphatic carbocycles. The van der Waals surface area contributed by atoms with Gasteiger partial charge in [0.05, 0.1) is 28.6 Å². The van der Waals surface area contributed by atoms with Crippen LogP contribution in [0, 0.1) is 23.2 Å². The number of rotatable bonds is 12. The van der Waals surface area contributed by atoms with Gasteiger partial charge in [0.2, 0.25) is 5.78 Å². The van der Waals surface area contributed by atoms with E-state index in [-0.39, 0.29) is 5.91 Å². The van der Waals surface area contributed by atoms with Crippen LogP contribution < -0.4 is 0 Å². The Morgan fingerprint density at radius 3 is 2.32 bits per heavy atom. The van der Waals surface area contributed by atoms with Crippen molar-refractivity contribution in [2.75, 3.05) is 32.7 Å². The van der Waals surface area contributed by atoms with Gasteiger partial charge in [0.1, 0.15) is 0 Å². The van der Waals surface area contributed by atoms with E-state index in [1.165, 1.54) is 25.9 Å². The molecule has 3 heterocycles. The van der Waals surface area contributed by atoms with Gasteiger partial charge in [-0.05, 0) is 82.1 Å². The highest BCUT2D eigenvalue weighted by atomic mass is 16.2. The van der Waals surface area contributed by atoms with Gasteiger partial charge in [0, 0.05) is 31.0 Å². The number of nitrogens with zero attached hydrogens (tertiary/aromatic N) is 6. The van der Waals surface area contributed by atoms with Gasteiger partial charge in [-0.15, -0.1) is 0 Å². The molecule has 38 heavy (non-hydrogen) atoms. The van der Waals surface area contributed by atoms with Crippen molar-refractivity contribution in [3.8, 4) is 17.3 Å². The van der Waals surface area contributed by atoms with E-state index in [2.05, 4.69) is 43.6 Å². The molecule has 0 unspecified atom stereocenters. The van der Waals surface area contributed by atoms with Gasteiger partial charge >= 0.3 is 0 Å². The SMILES string of the molecule is CC(C)CCN(CCC(C)C)C(=O)c1cnc2nc(-c3ccc(C#N)cc3)c(CCCN3CCCC3)n2c1. The van der Waals surface area contributed by atoms with E-state index in [4.69, 9.17) is 4.98 Å². The van der Waals surface area contributed by atoms with Crippen molar-refractivity contribution in [1.29, 1.82) is 5.26 Å². The summed E-state index contributed by atoms with van der Waals surface area (Å²) in [7, 11) is 0. The molecule has 202 valence electrons. The minimum atomic E-state index is 0.0392. The third-order valence-electron chi connectivity index (χ3n) is 7.44. The second kappa shape index (κ2) is 13.0. The van der Waals surface area contributed by atoms with Crippen molar-refractivity contribution in [1.82, 2.24) is 24.2 Å². The summed E-state index contributed by atoms with van der Waals surface area (Å²) in [6, 6.07) is 9.76. The van der Waals surface area contributed by atoms with E-state index < -0.39 is 0 Å². The van der Waals surface area contributed by atoms with Crippen molar-refractivity contribution < 1.29 is 4.79 Å². The Balaban J connectivity index is 1.66. The fourth-order valence-corrected chi connectivity index (χ4v) is 5.06. The summed E-state index contributed by atoms with van der Waals surface area (Å²) in [4.78, 5) is 27.7. The zero-order chi connectivity index (χ0) is 27.1. The number of aryl methyl sites for hydroxylation is 1. The third-order valence-corrected chi connectivity index (χ3v) is 7.44. The summed E-state index contributed by atoms with van der Waals surface area (Å²) < 4.78 is 2.02. The van der Waals surface area contributed by atoms with E-state index in [0.29, 0.717) is 28.7 Å². The summed E-state index contributed by atoms with van der Waals surface area (Å²) in [6.45, 7) is 13.7. The van der Waals surface area contributed by atoms with E-state index in [1.54, 1.807) is 6.20 Å². The Bertz CT molecular complexity index is 1240. The molecule has 2 aromatic heterocycles. The average molecular weight is 515 g/mol. The number of amides is 1. The maximum atomic E-state index is 13.7. The molecule has 0 spiro atoms. The third kappa shape index (κ3) is 6.99. The molecule has 0 radical (unpaired) electrons. The lowest BCUT2D eigenvalue weighted by Gasteiger charge is -2.24. The highest BCUT2D eigenvalue weighted by molar-refractivity contribution is 5.94. The standard InChI is InChI=1S/C31H42N6O/c1-23(2)13-18-36(19-14-24(3)4)30(38)27-21-33-31-34-29(26-11-9-25(20-32)10-12-26)28(37(31)22-27)8-7-17-35-15-5-6-16-35/h9-12,21-24H,5-8,13-19H2,1-4H3. The quantitative estimate of drug-likeness (QED) is 0.304. The molecule has 0 bridgehead atoms. The summed E-state index contributed by atoms with van der Waals surface area (Å²) in [5, 5.41) is 9.23. The molecule has 7 heteroatoms. The molecule has 1 fully saturated rings. The first kappa shape index (κ1) is 27.8. The molecule has 0 saturated carbocycles. The minimum absolute atomic E-state index is 0.0392. The molecule has 1 amide bonds. The highest BCUT2D eigenvalue weighted by Crippen LogP contribution is 2.26. The van der Waals surface area contributed by atoms with Crippen LogP contribution in [0.15, 0.2) is 36.7 Å². The zero-order valence-corrected chi connectivity index (χ0v) is 23.5. The van der Waals surface area contributed by atoms with Crippen molar-refractivity contribution in [3.63, 3.8) is 0 Å². The van der Waals surface area contributed by atoms with Crippen LogP contribution in [0.5, 0.6) is 0 Å². The van der Waals surface area contributed by atoms with Gasteiger partial charge in [-0.2, -0.15) is 5.26 Å². The average Bonchev–Trinajstić information content (AvgIpc) is 3.56. The fraction of sp³-hybridized carbons (Fsp3) is 0.548. The van der Waals surface area contributed by atoms with Crippen LogP contribution >= 0.6 is 0 Å². The number of carbonyl (C=O) groups excluding carboxylic acids is 1. The monoisotopic (exact) mass is 514 g/mol. The molecule has 4 rings (SSSR count). The van der Waals surface area contributed by atoms with Crippen LogP contribution in [0.25, 0.3) is 17.0 Å². The van der Waals surface area contributed by atoms with Crippen LogP contribution in [0.1, 0.15) is 81.4 Å². The maximum absolute atomic E-state index is 13.7. The zero-order valence-electron chi connectivity index (χ0n) is 23.5. The lowest BCUT2D eigenvalue weighted by molar-refractivity contribution is 0.0740. The lowest BCUT2D eigenvalue weighted by atomic mass is 10.1. The number of hydrogen-bond acceptors (Lipinski definition) is 5. The van der Waals surface area contributed by atoms with Crippen LogP contribution in [-0.4, -0.2) is 62.8 Å². The number of likely N-dealkylation sites (tertiary alicyclic amines) is 1. The fourth-order valence-electron chi connectivity index (χ4n) is 5.06. The Morgan fingerprint density at radius 2 is 1.71 bits per heavy atom. The molecular formula is C31H42N6O. The van der Waals surface area contributed by atoms with Crippen molar-refractivity contribution >= 4 is 11.7 Å². The second-order valence-electron chi connectivity index (χ2n) is 11.4. The molecular weight excluding hydrogens is 472 g/mol. The van der Waals surface area contributed by atoms with Crippen LogP contribution in [0.4, 0.5) is 0 Å². The number of fused-ring (bicyclic) bond motifs is 1. The molecule has 0 N–H and O–H groups in total. The van der Waals surface area contributed by atoms with Crippen LogP contribution in [-0.2, 0) is 6.42 Å². The number of hydrogen-bond donors (Lipinski definition) is 0. The summed E-state index contributed by atoms with van der Waals surface area (Å²) in [6.07, 6.45) is 10.0. The number of imidazole rings is 1. The van der Waals surface area contributed by atoms with Crippen LogP contribution in [0.3, 0.4) is 0 Å². The van der Waals surface area contributed by atoms with E-state index in [1.807, 2.05) is 39.8 Å². The number of nitriles is 1. The number of aromatic nitrogens is 3. The molecule has 0 atom stereocenters. The number of carbonyl (C=O) groups is 1. The predicted molar refractivity (Wildman–Crippen MR) is 152 cm³/mol. The highest BCUT2D eigenvalue weighted by Gasteiger charge is 2.21. The van der Waals surface area contributed by atoms with E-state index >= 15 is 0 Å². The molecule has 1 aliphatic rings. The van der Waals surface area contributed by atoms with Crippen molar-refractivity contribution in [2.45, 2.75) is 66.2 Å². The summed E-state index contributed by atoms with van der Waals surface area (Å²) >= 11 is 0. The first-order valence-electron chi connectivity index (χ1n) is 14.2. The van der Waals surface area contributed by atoms with Gasteiger partial charge in [-0.3, -0.25) is 9.20 Å². The summed E-state index contributed by atoms with van der Waals surface area (Å²) in [5.41, 5.74) is 4.15. The Morgan fingerprint density at radius 1 is 1.05 bits per heavy atom. The topological polar surface area (TPSA) is 77.5 Å². The van der Waals surface area contributed by atoms with Gasteiger partial charge in [-0.1, -0.05) is 39.8 Å². The smallest absolute Gasteiger partial charge is 0.256 e. The molecule has 1 aliphatic heterocycles.